The zero-order chi connectivity index (χ0) is 18.7. The van der Waals surface area contributed by atoms with E-state index in [1.807, 2.05) is 18.7 Å². The molecule has 6 heteroatoms. The van der Waals surface area contributed by atoms with E-state index in [0.29, 0.717) is 7.48 Å². The average molecular weight is 346 g/mol. The molecule has 2 rings (SSSR count). The molecule has 0 aliphatic carbocycles. The van der Waals surface area contributed by atoms with Crippen molar-refractivity contribution >= 4 is 18.9 Å². The van der Waals surface area contributed by atoms with Gasteiger partial charge in [0.15, 0.2) is 0 Å². The van der Waals surface area contributed by atoms with Crippen LogP contribution < -0.4 is 5.46 Å². The Morgan fingerprint density at radius 2 is 1.68 bits per heavy atom. The lowest BCUT2D eigenvalue weighted by Gasteiger charge is -2.37. The molecule has 0 radical (unpaired) electrons. The monoisotopic (exact) mass is 346 g/mol. The molecule has 1 N–H and O–H groups in total. The number of benzene rings is 1. The van der Waals surface area contributed by atoms with Crippen molar-refractivity contribution in [1.82, 2.24) is 9.80 Å². The van der Waals surface area contributed by atoms with Crippen molar-refractivity contribution in [2.75, 3.05) is 26.2 Å². The van der Waals surface area contributed by atoms with E-state index in [-0.39, 0.29) is 5.91 Å². The lowest BCUT2D eigenvalue weighted by Crippen LogP contribution is -2.49. The first-order valence-electron chi connectivity index (χ1n) is 9.00. The predicted molar refractivity (Wildman–Crippen MR) is 102 cm³/mol. The molecular weight excluding hydrogens is 315 g/mol. The van der Waals surface area contributed by atoms with E-state index in [1.54, 1.807) is 20.8 Å². The van der Waals surface area contributed by atoms with Gasteiger partial charge in [0.05, 0.1) is 11.2 Å². The van der Waals surface area contributed by atoms with E-state index < -0.39 is 11.2 Å². The van der Waals surface area contributed by atoms with Crippen LogP contribution in [0.25, 0.3) is 0 Å². The molecule has 0 unspecified atom stereocenters. The van der Waals surface area contributed by atoms with Crippen LogP contribution in [0.2, 0.25) is 0 Å². The van der Waals surface area contributed by atoms with E-state index in [1.165, 1.54) is 5.56 Å². The van der Waals surface area contributed by atoms with Crippen LogP contribution >= 0.6 is 0 Å². The van der Waals surface area contributed by atoms with Crippen molar-refractivity contribution in [3.8, 4) is 0 Å². The highest BCUT2D eigenvalue weighted by Crippen LogP contribution is 2.24. The minimum atomic E-state index is -0.894. The number of piperazine rings is 1. The number of amides is 1. The molecule has 1 aromatic carbocycles. The first-order chi connectivity index (χ1) is 11.6. The van der Waals surface area contributed by atoms with E-state index in [2.05, 4.69) is 29.2 Å². The number of carbonyl (C=O) groups excluding carboxylic acids is 1. The Morgan fingerprint density at radius 3 is 2.16 bits per heavy atom. The molecule has 0 bridgehead atoms. The number of rotatable bonds is 6. The molecule has 0 aromatic heterocycles. The van der Waals surface area contributed by atoms with Crippen LogP contribution in [0.5, 0.6) is 0 Å². The highest BCUT2D eigenvalue weighted by atomic mass is 16.5. The van der Waals surface area contributed by atoms with Crippen LogP contribution in [-0.4, -0.2) is 65.7 Å². The maximum atomic E-state index is 11.4. The second-order valence-electron chi connectivity index (χ2n) is 7.96. The van der Waals surface area contributed by atoms with Gasteiger partial charge in [-0.1, -0.05) is 29.7 Å². The van der Waals surface area contributed by atoms with E-state index in [0.717, 1.165) is 38.2 Å². The van der Waals surface area contributed by atoms with Gasteiger partial charge >= 0.3 is 7.48 Å². The van der Waals surface area contributed by atoms with Gasteiger partial charge in [-0.15, -0.1) is 0 Å². The zero-order valence-corrected chi connectivity index (χ0v) is 16.2. The molecule has 5 nitrogen and oxygen atoms in total. The molecule has 1 amide bonds. The van der Waals surface area contributed by atoms with Crippen LogP contribution in [0.15, 0.2) is 24.3 Å². The molecular formula is C19H31BN2O3. The Balaban J connectivity index is 1.83. The molecule has 138 valence electrons. The van der Waals surface area contributed by atoms with Gasteiger partial charge in [-0.2, -0.15) is 0 Å². The minimum absolute atomic E-state index is 0.165. The molecule has 1 saturated heterocycles. The van der Waals surface area contributed by atoms with Crippen LogP contribution in [0.4, 0.5) is 0 Å². The van der Waals surface area contributed by atoms with Crippen molar-refractivity contribution in [1.29, 1.82) is 0 Å². The molecule has 1 aliphatic heterocycles. The number of hydrogen-bond acceptors (Lipinski definition) is 4. The molecule has 1 aromatic rings. The van der Waals surface area contributed by atoms with Crippen LogP contribution in [0.1, 0.15) is 40.2 Å². The fraction of sp³-hybridized carbons (Fsp3) is 0.632. The Kier molecular flexibility index (Phi) is 6.30. The second kappa shape index (κ2) is 7.89. The third kappa shape index (κ3) is 5.56. The molecule has 0 spiro atoms. The maximum Gasteiger partial charge on any atom is 0.309 e. The highest BCUT2D eigenvalue weighted by Gasteiger charge is 2.35. The summed E-state index contributed by atoms with van der Waals surface area (Å²) >= 11 is 0. The Hall–Kier alpha value is -1.37. The first-order valence-corrected chi connectivity index (χ1v) is 9.00. The van der Waals surface area contributed by atoms with Gasteiger partial charge in [0.25, 0.3) is 0 Å². The first kappa shape index (κ1) is 20.0. The fourth-order valence-electron chi connectivity index (χ4n) is 2.66. The largest absolute Gasteiger partial charge is 0.427 e. The van der Waals surface area contributed by atoms with Gasteiger partial charge < -0.3 is 14.7 Å². The lowest BCUT2D eigenvalue weighted by molar-refractivity contribution is -0.130. The number of hydrogen-bond donors (Lipinski definition) is 1. The lowest BCUT2D eigenvalue weighted by atomic mass is 9.82. The van der Waals surface area contributed by atoms with Gasteiger partial charge in [-0.3, -0.25) is 9.69 Å². The van der Waals surface area contributed by atoms with Crippen LogP contribution in [0, 0.1) is 0 Å². The topological polar surface area (TPSA) is 53.0 Å². The number of aliphatic hydroxyl groups is 1. The van der Waals surface area contributed by atoms with Gasteiger partial charge in [0.1, 0.15) is 0 Å². The van der Waals surface area contributed by atoms with Gasteiger partial charge in [0.2, 0.25) is 5.91 Å². The Morgan fingerprint density at radius 1 is 1.12 bits per heavy atom. The van der Waals surface area contributed by atoms with Gasteiger partial charge in [-0.05, 0) is 33.3 Å². The summed E-state index contributed by atoms with van der Waals surface area (Å²) in [6, 6.07) is 8.43. The number of nitrogens with zero attached hydrogens (tertiary/aromatic N) is 2. The average Bonchev–Trinajstić information content (AvgIpc) is 2.54. The minimum Gasteiger partial charge on any atom is -0.427 e. The molecule has 0 atom stereocenters. The summed E-state index contributed by atoms with van der Waals surface area (Å²) in [6.45, 7) is 13.3. The summed E-state index contributed by atoms with van der Waals surface area (Å²) in [5, 5.41) is 10.1. The van der Waals surface area contributed by atoms with Crippen molar-refractivity contribution in [2.24, 2.45) is 0 Å². The quantitative estimate of drug-likeness (QED) is 0.778. The Labute approximate surface area is 152 Å². The van der Waals surface area contributed by atoms with Crippen molar-refractivity contribution < 1.29 is 14.6 Å². The summed E-state index contributed by atoms with van der Waals surface area (Å²) in [5.41, 5.74) is 0.862. The summed E-state index contributed by atoms with van der Waals surface area (Å²) in [7, 11) is 0.481. The van der Waals surface area contributed by atoms with Crippen molar-refractivity contribution in [2.45, 2.75) is 52.4 Å². The van der Waals surface area contributed by atoms with Gasteiger partial charge in [-0.25, -0.2) is 0 Å². The smallest absolute Gasteiger partial charge is 0.309 e. The molecule has 1 aliphatic rings. The van der Waals surface area contributed by atoms with E-state index >= 15 is 0 Å². The van der Waals surface area contributed by atoms with Crippen LogP contribution in [0.3, 0.4) is 0 Å². The van der Waals surface area contributed by atoms with Crippen molar-refractivity contribution in [3.63, 3.8) is 0 Å². The van der Waals surface area contributed by atoms with E-state index in [4.69, 9.17) is 4.65 Å². The predicted octanol–water partition coefficient (Wildman–Crippen LogP) is 0.894. The Bertz CT molecular complexity index is 573. The summed E-state index contributed by atoms with van der Waals surface area (Å²) in [6.07, 6.45) is 0. The third-order valence-corrected chi connectivity index (χ3v) is 5.32. The van der Waals surface area contributed by atoms with Crippen molar-refractivity contribution in [3.05, 3.63) is 29.8 Å². The fourth-order valence-corrected chi connectivity index (χ4v) is 2.66. The number of carbonyl (C=O) groups is 1. The van der Waals surface area contributed by atoms with E-state index in [9.17, 15) is 9.90 Å². The standard InChI is InChI=1S/C19H31BN2O3/c1-15(23)22-12-10-21(11-13-22)14-16-6-8-17(9-7-16)20-25-19(4,5)18(2,3)24/h6-9,20,24H,10-14H2,1-5H3. The zero-order valence-electron chi connectivity index (χ0n) is 16.2. The molecule has 0 saturated carbocycles. The van der Waals surface area contributed by atoms with Crippen LogP contribution in [-0.2, 0) is 16.0 Å². The highest BCUT2D eigenvalue weighted by molar-refractivity contribution is 6.47. The summed E-state index contributed by atoms with van der Waals surface area (Å²) < 4.78 is 5.91. The normalized spacial score (nSPS) is 16.8. The molecule has 1 fully saturated rings. The second-order valence-corrected chi connectivity index (χ2v) is 7.96. The van der Waals surface area contributed by atoms with Gasteiger partial charge in [0, 0.05) is 39.6 Å². The SMILES string of the molecule is CC(=O)N1CCN(Cc2ccc(BOC(C)(C)C(C)(C)O)cc2)CC1. The maximum absolute atomic E-state index is 11.4. The summed E-state index contributed by atoms with van der Waals surface area (Å²) in [4.78, 5) is 15.7. The third-order valence-electron chi connectivity index (χ3n) is 5.32. The summed E-state index contributed by atoms with van der Waals surface area (Å²) in [5.74, 6) is 0.165. The molecule has 25 heavy (non-hydrogen) atoms. The molecule has 1 heterocycles.